The van der Waals surface area contributed by atoms with Crippen LogP contribution in [0.5, 0.6) is 0 Å². The maximum Gasteiger partial charge on any atom is 0.240 e. The number of pyridine rings is 1. The van der Waals surface area contributed by atoms with E-state index in [1.54, 1.807) is 16.6 Å². The molecule has 3 aromatic rings. The van der Waals surface area contributed by atoms with Gasteiger partial charge in [0.05, 0.1) is 11.6 Å². The Kier molecular flexibility index (Phi) is 2.21. The number of aromatic nitrogens is 3. The number of rotatable bonds is 1. The average molecular weight is 235 g/mol. The molecule has 5 heteroatoms. The van der Waals surface area contributed by atoms with Crippen LogP contribution < -0.4 is 5.73 Å². The normalized spacial score (nSPS) is 10.4. The van der Waals surface area contributed by atoms with Crippen molar-refractivity contribution in [3.05, 3.63) is 48.2 Å². The highest BCUT2D eigenvalue weighted by molar-refractivity contribution is 5.68. The van der Waals surface area contributed by atoms with Crippen LogP contribution >= 0.6 is 0 Å². The zero-order valence-electron chi connectivity index (χ0n) is 9.41. The molecule has 18 heavy (non-hydrogen) atoms. The summed E-state index contributed by atoms with van der Waals surface area (Å²) in [6.07, 6.45) is 1.81. The average Bonchev–Trinajstić information content (AvgIpc) is 2.78. The molecule has 0 atom stereocenters. The lowest BCUT2D eigenvalue weighted by Gasteiger charge is -2.01. The molecular formula is C13H9N5. The molecule has 0 bridgehead atoms. The van der Waals surface area contributed by atoms with Gasteiger partial charge in [-0.1, -0.05) is 12.1 Å². The van der Waals surface area contributed by atoms with Gasteiger partial charge in [0.25, 0.3) is 0 Å². The van der Waals surface area contributed by atoms with Crippen LogP contribution in [-0.4, -0.2) is 14.6 Å². The number of nitrogen functional groups attached to an aromatic ring is 1. The van der Waals surface area contributed by atoms with E-state index in [9.17, 15) is 0 Å². The van der Waals surface area contributed by atoms with E-state index < -0.39 is 0 Å². The van der Waals surface area contributed by atoms with E-state index in [0.717, 1.165) is 11.1 Å². The Morgan fingerprint density at radius 3 is 2.61 bits per heavy atom. The summed E-state index contributed by atoms with van der Waals surface area (Å²) in [6, 6.07) is 13.3. The Labute approximate surface area is 103 Å². The van der Waals surface area contributed by atoms with E-state index in [4.69, 9.17) is 11.0 Å². The second kappa shape index (κ2) is 3.86. The standard InChI is InChI=1S/C13H9N5/c14-8-9-1-3-10(4-2-9)11-5-6-18-12(7-11)16-13(15)17-18/h1-7H,(H2,15,17). The van der Waals surface area contributed by atoms with Crippen LogP contribution in [0.25, 0.3) is 16.8 Å². The molecular weight excluding hydrogens is 226 g/mol. The van der Waals surface area contributed by atoms with Gasteiger partial charge in [0.1, 0.15) is 0 Å². The van der Waals surface area contributed by atoms with Crippen molar-refractivity contribution >= 4 is 11.6 Å². The number of anilines is 1. The van der Waals surface area contributed by atoms with Gasteiger partial charge in [-0.3, -0.25) is 0 Å². The van der Waals surface area contributed by atoms with Crippen LogP contribution in [0, 0.1) is 11.3 Å². The third-order valence-electron chi connectivity index (χ3n) is 2.70. The highest BCUT2D eigenvalue weighted by atomic mass is 15.3. The molecule has 2 heterocycles. The van der Waals surface area contributed by atoms with Gasteiger partial charge in [-0.25, -0.2) is 4.52 Å². The minimum Gasteiger partial charge on any atom is -0.366 e. The second-order valence-electron chi connectivity index (χ2n) is 3.88. The molecule has 0 aliphatic heterocycles. The lowest BCUT2D eigenvalue weighted by atomic mass is 10.1. The number of hydrogen-bond donors (Lipinski definition) is 1. The van der Waals surface area contributed by atoms with Crippen molar-refractivity contribution < 1.29 is 0 Å². The Morgan fingerprint density at radius 2 is 1.89 bits per heavy atom. The number of nitrogens with two attached hydrogens (primary N) is 1. The number of hydrogen-bond acceptors (Lipinski definition) is 4. The monoisotopic (exact) mass is 235 g/mol. The van der Waals surface area contributed by atoms with Crippen LogP contribution in [0.15, 0.2) is 42.6 Å². The van der Waals surface area contributed by atoms with Crippen molar-refractivity contribution in [2.45, 2.75) is 0 Å². The van der Waals surface area contributed by atoms with E-state index in [1.165, 1.54) is 0 Å². The quantitative estimate of drug-likeness (QED) is 0.698. The Morgan fingerprint density at radius 1 is 1.11 bits per heavy atom. The first-order valence-corrected chi connectivity index (χ1v) is 5.39. The number of fused-ring (bicyclic) bond motifs is 1. The summed E-state index contributed by atoms with van der Waals surface area (Å²) in [5, 5.41) is 12.8. The smallest absolute Gasteiger partial charge is 0.240 e. The first-order valence-electron chi connectivity index (χ1n) is 5.39. The molecule has 2 N–H and O–H groups in total. The minimum atomic E-state index is 0.256. The summed E-state index contributed by atoms with van der Waals surface area (Å²) in [6.45, 7) is 0. The molecule has 0 aliphatic carbocycles. The fourth-order valence-corrected chi connectivity index (χ4v) is 1.82. The Bertz CT molecular complexity index is 749. The van der Waals surface area contributed by atoms with Gasteiger partial charge in [-0.05, 0) is 35.4 Å². The van der Waals surface area contributed by atoms with Crippen molar-refractivity contribution in [1.82, 2.24) is 14.6 Å². The summed E-state index contributed by atoms with van der Waals surface area (Å²) in [5.41, 5.74) is 8.93. The summed E-state index contributed by atoms with van der Waals surface area (Å²) in [5.74, 6) is 0.256. The first kappa shape index (κ1) is 10.3. The van der Waals surface area contributed by atoms with Gasteiger partial charge < -0.3 is 5.73 Å². The molecule has 0 aliphatic rings. The zero-order valence-corrected chi connectivity index (χ0v) is 9.41. The van der Waals surface area contributed by atoms with Crippen molar-refractivity contribution in [2.75, 3.05) is 5.73 Å². The molecule has 0 saturated carbocycles. The summed E-state index contributed by atoms with van der Waals surface area (Å²) in [4.78, 5) is 4.11. The summed E-state index contributed by atoms with van der Waals surface area (Å²) < 4.78 is 1.63. The van der Waals surface area contributed by atoms with Crippen LogP contribution in [-0.2, 0) is 0 Å². The lowest BCUT2D eigenvalue weighted by Crippen LogP contribution is -1.89. The fraction of sp³-hybridized carbons (Fsp3) is 0. The fourth-order valence-electron chi connectivity index (χ4n) is 1.82. The molecule has 2 aromatic heterocycles. The molecule has 0 fully saturated rings. The van der Waals surface area contributed by atoms with Crippen molar-refractivity contribution in [2.24, 2.45) is 0 Å². The van der Waals surface area contributed by atoms with E-state index in [0.29, 0.717) is 11.2 Å². The maximum atomic E-state index is 8.76. The van der Waals surface area contributed by atoms with Gasteiger partial charge in [0.2, 0.25) is 5.95 Å². The highest BCUT2D eigenvalue weighted by Gasteiger charge is 2.03. The lowest BCUT2D eigenvalue weighted by molar-refractivity contribution is 0.968. The van der Waals surface area contributed by atoms with Crippen molar-refractivity contribution in [3.8, 4) is 17.2 Å². The van der Waals surface area contributed by atoms with E-state index >= 15 is 0 Å². The van der Waals surface area contributed by atoms with Gasteiger partial charge in [-0.2, -0.15) is 10.2 Å². The molecule has 0 radical (unpaired) electrons. The van der Waals surface area contributed by atoms with Crippen LogP contribution in [0.3, 0.4) is 0 Å². The van der Waals surface area contributed by atoms with E-state index in [2.05, 4.69) is 16.2 Å². The van der Waals surface area contributed by atoms with Crippen LogP contribution in [0.2, 0.25) is 0 Å². The minimum absolute atomic E-state index is 0.256. The topological polar surface area (TPSA) is 80.0 Å². The molecule has 5 nitrogen and oxygen atoms in total. The largest absolute Gasteiger partial charge is 0.366 e. The third-order valence-corrected chi connectivity index (χ3v) is 2.70. The van der Waals surface area contributed by atoms with Crippen molar-refractivity contribution in [3.63, 3.8) is 0 Å². The van der Waals surface area contributed by atoms with Crippen LogP contribution in [0.4, 0.5) is 5.95 Å². The summed E-state index contributed by atoms with van der Waals surface area (Å²) >= 11 is 0. The SMILES string of the molecule is N#Cc1ccc(-c2ccn3nc(N)nc3c2)cc1. The summed E-state index contributed by atoms with van der Waals surface area (Å²) in [7, 11) is 0. The van der Waals surface area contributed by atoms with Gasteiger partial charge in [0.15, 0.2) is 5.65 Å². The van der Waals surface area contributed by atoms with Crippen LogP contribution in [0.1, 0.15) is 5.56 Å². The molecule has 0 unspecified atom stereocenters. The molecule has 0 spiro atoms. The third kappa shape index (κ3) is 1.66. The number of nitrogens with zero attached hydrogens (tertiary/aromatic N) is 4. The number of benzene rings is 1. The Balaban J connectivity index is 2.10. The highest BCUT2D eigenvalue weighted by Crippen LogP contribution is 2.20. The molecule has 1 aromatic carbocycles. The predicted octanol–water partition coefficient (Wildman–Crippen LogP) is 1.85. The van der Waals surface area contributed by atoms with Gasteiger partial charge in [0, 0.05) is 6.20 Å². The van der Waals surface area contributed by atoms with Gasteiger partial charge >= 0.3 is 0 Å². The molecule has 3 rings (SSSR count). The molecule has 0 saturated heterocycles. The number of nitriles is 1. The van der Waals surface area contributed by atoms with E-state index in [1.807, 2.05) is 30.5 Å². The van der Waals surface area contributed by atoms with Gasteiger partial charge in [-0.15, -0.1) is 5.10 Å². The second-order valence-corrected chi connectivity index (χ2v) is 3.88. The molecule has 0 amide bonds. The first-order chi connectivity index (χ1) is 8.76. The molecule has 86 valence electrons. The zero-order chi connectivity index (χ0) is 12.5. The predicted molar refractivity (Wildman–Crippen MR) is 67.6 cm³/mol. The Hall–Kier alpha value is -2.87. The van der Waals surface area contributed by atoms with E-state index in [-0.39, 0.29) is 5.95 Å². The maximum absolute atomic E-state index is 8.76. The van der Waals surface area contributed by atoms with Crippen molar-refractivity contribution in [1.29, 1.82) is 5.26 Å².